The number of pyridine rings is 1. The van der Waals surface area contributed by atoms with Crippen molar-refractivity contribution in [2.24, 2.45) is 0 Å². The molecule has 18 heavy (non-hydrogen) atoms. The number of ether oxygens (including phenoxy) is 1. The molecule has 2 heterocycles. The standard InChI is InChI=1S/C13H16N4O/c1-3-18-12-4-10(5-15-8-12)13(14-2)11-6-16-9-17-7-11/h4-9,13-14H,3H2,1-2H3. The third kappa shape index (κ3) is 2.81. The van der Waals surface area contributed by atoms with Crippen LogP contribution in [0, 0.1) is 0 Å². The number of aromatic nitrogens is 3. The Morgan fingerprint density at radius 1 is 1.11 bits per heavy atom. The van der Waals surface area contributed by atoms with E-state index in [0.717, 1.165) is 16.9 Å². The number of hydrogen-bond donors (Lipinski definition) is 1. The van der Waals surface area contributed by atoms with Gasteiger partial charge in [0.05, 0.1) is 18.8 Å². The molecule has 0 aliphatic rings. The Bertz CT molecular complexity index is 489. The zero-order chi connectivity index (χ0) is 12.8. The normalized spacial score (nSPS) is 12.1. The van der Waals surface area contributed by atoms with Crippen molar-refractivity contribution in [3.63, 3.8) is 0 Å². The maximum Gasteiger partial charge on any atom is 0.137 e. The zero-order valence-electron chi connectivity index (χ0n) is 10.5. The average Bonchev–Trinajstić information content (AvgIpc) is 2.42. The smallest absolute Gasteiger partial charge is 0.137 e. The van der Waals surface area contributed by atoms with Crippen molar-refractivity contribution >= 4 is 0 Å². The molecule has 1 unspecified atom stereocenters. The van der Waals surface area contributed by atoms with Gasteiger partial charge in [0.1, 0.15) is 12.1 Å². The highest BCUT2D eigenvalue weighted by molar-refractivity contribution is 5.31. The van der Waals surface area contributed by atoms with Crippen LogP contribution in [0.4, 0.5) is 0 Å². The van der Waals surface area contributed by atoms with Crippen molar-refractivity contribution in [1.82, 2.24) is 20.3 Å². The van der Waals surface area contributed by atoms with Gasteiger partial charge < -0.3 is 10.1 Å². The van der Waals surface area contributed by atoms with Gasteiger partial charge in [0.2, 0.25) is 0 Å². The van der Waals surface area contributed by atoms with Gasteiger partial charge in [0.25, 0.3) is 0 Å². The van der Waals surface area contributed by atoms with Gasteiger partial charge in [-0.3, -0.25) is 4.98 Å². The van der Waals surface area contributed by atoms with Crippen LogP contribution in [0.1, 0.15) is 24.1 Å². The zero-order valence-corrected chi connectivity index (χ0v) is 10.5. The Morgan fingerprint density at radius 3 is 2.50 bits per heavy atom. The van der Waals surface area contributed by atoms with Crippen molar-refractivity contribution in [2.75, 3.05) is 13.7 Å². The number of nitrogens with one attached hydrogen (secondary N) is 1. The van der Waals surface area contributed by atoms with Gasteiger partial charge in [-0.25, -0.2) is 9.97 Å². The van der Waals surface area contributed by atoms with Crippen molar-refractivity contribution in [3.8, 4) is 5.75 Å². The van der Waals surface area contributed by atoms with Crippen LogP contribution in [-0.2, 0) is 0 Å². The first kappa shape index (κ1) is 12.4. The van der Waals surface area contributed by atoms with Crippen LogP contribution >= 0.6 is 0 Å². The van der Waals surface area contributed by atoms with E-state index in [0.29, 0.717) is 6.61 Å². The topological polar surface area (TPSA) is 59.9 Å². The Kier molecular flexibility index (Phi) is 4.20. The van der Waals surface area contributed by atoms with Gasteiger partial charge in [-0.1, -0.05) is 0 Å². The van der Waals surface area contributed by atoms with Crippen LogP contribution in [0.2, 0.25) is 0 Å². The Balaban J connectivity index is 2.30. The monoisotopic (exact) mass is 244 g/mol. The molecule has 0 amide bonds. The molecule has 2 rings (SSSR count). The van der Waals surface area contributed by atoms with Crippen molar-refractivity contribution in [1.29, 1.82) is 0 Å². The third-order valence-electron chi connectivity index (χ3n) is 2.58. The lowest BCUT2D eigenvalue weighted by molar-refractivity contribution is 0.338. The molecule has 0 spiro atoms. The first-order valence-electron chi connectivity index (χ1n) is 5.85. The molecule has 2 aromatic rings. The van der Waals surface area contributed by atoms with Crippen LogP contribution in [0.25, 0.3) is 0 Å². The van der Waals surface area contributed by atoms with E-state index in [1.54, 1.807) is 18.6 Å². The molecule has 0 radical (unpaired) electrons. The summed E-state index contributed by atoms with van der Waals surface area (Å²) in [6, 6.07) is 1.99. The summed E-state index contributed by atoms with van der Waals surface area (Å²) in [6.07, 6.45) is 8.63. The number of rotatable bonds is 5. The van der Waals surface area contributed by atoms with Crippen LogP contribution in [0.5, 0.6) is 5.75 Å². The summed E-state index contributed by atoms with van der Waals surface area (Å²) < 4.78 is 5.46. The van der Waals surface area contributed by atoms with E-state index in [1.807, 2.05) is 26.2 Å². The minimum Gasteiger partial charge on any atom is -0.492 e. The maximum absolute atomic E-state index is 5.46. The van der Waals surface area contributed by atoms with Gasteiger partial charge in [-0.15, -0.1) is 0 Å². The van der Waals surface area contributed by atoms with E-state index >= 15 is 0 Å². The predicted molar refractivity (Wildman–Crippen MR) is 68.3 cm³/mol. The highest BCUT2D eigenvalue weighted by Crippen LogP contribution is 2.22. The molecular formula is C13H16N4O. The second-order valence-corrected chi connectivity index (χ2v) is 3.78. The summed E-state index contributed by atoms with van der Waals surface area (Å²) in [5.74, 6) is 0.770. The largest absolute Gasteiger partial charge is 0.492 e. The van der Waals surface area contributed by atoms with E-state index in [-0.39, 0.29) is 6.04 Å². The molecular weight excluding hydrogens is 228 g/mol. The third-order valence-corrected chi connectivity index (χ3v) is 2.58. The lowest BCUT2D eigenvalue weighted by Gasteiger charge is -2.16. The molecule has 94 valence electrons. The molecule has 0 bridgehead atoms. The molecule has 0 aliphatic carbocycles. The van der Waals surface area contributed by atoms with Gasteiger partial charge in [-0.05, 0) is 25.6 Å². The average molecular weight is 244 g/mol. The molecule has 0 aliphatic heterocycles. The first-order valence-corrected chi connectivity index (χ1v) is 5.85. The fourth-order valence-electron chi connectivity index (χ4n) is 1.82. The molecule has 0 aromatic carbocycles. The summed E-state index contributed by atoms with van der Waals surface area (Å²) in [7, 11) is 1.89. The first-order chi connectivity index (χ1) is 8.85. The molecule has 0 fully saturated rings. The van der Waals surface area contributed by atoms with Crippen LogP contribution < -0.4 is 10.1 Å². The molecule has 0 saturated carbocycles. The van der Waals surface area contributed by atoms with E-state index in [9.17, 15) is 0 Å². The lowest BCUT2D eigenvalue weighted by atomic mass is 10.0. The minimum atomic E-state index is 0.0131. The molecule has 2 aromatic heterocycles. The number of nitrogens with zero attached hydrogens (tertiary/aromatic N) is 3. The summed E-state index contributed by atoms with van der Waals surface area (Å²) in [5.41, 5.74) is 2.02. The summed E-state index contributed by atoms with van der Waals surface area (Å²) in [4.78, 5) is 12.3. The number of hydrogen-bond acceptors (Lipinski definition) is 5. The Morgan fingerprint density at radius 2 is 1.83 bits per heavy atom. The highest BCUT2D eigenvalue weighted by atomic mass is 16.5. The molecule has 5 nitrogen and oxygen atoms in total. The lowest BCUT2D eigenvalue weighted by Crippen LogP contribution is -2.18. The van der Waals surface area contributed by atoms with E-state index in [4.69, 9.17) is 4.74 Å². The SMILES string of the molecule is CCOc1cncc(C(NC)c2cncnc2)c1. The van der Waals surface area contributed by atoms with E-state index < -0.39 is 0 Å². The minimum absolute atomic E-state index is 0.0131. The summed E-state index contributed by atoms with van der Waals surface area (Å²) >= 11 is 0. The van der Waals surface area contributed by atoms with Gasteiger partial charge >= 0.3 is 0 Å². The van der Waals surface area contributed by atoms with Crippen molar-refractivity contribution in [3.05, 3.63) is 48.3 Å². The van der Waals surface area contributed by atoms with Gasteiger partial charge in [0.15, 0.2) is 0 Å². The second-order valence-electron chi connectivity index (χ2n) is 3.78. The quantitative estimate of drug-likeness (QED) is 0.865. The van der Waals surface area contributed by atoms with Gasteiger partial charge in [-0.2, -0.15) is 0 Å². The Hall–Kier alpha value is -2.01. The van der Waals surface area contributed by atoms with E-state index in [2.05, 4.69) is 20.3 Å². The van der Waals surface area contributed by atoms with Crippen molar-refractivity contribution in [2.45, 2.75) is 13.0 Å². The Labute approximate surface area is 106 Å². The van der Waals surface area contributed by atoms with Crippen LogP contribution in [0.3, 0.4) is 0 Å². The van der Waals surface area contributed by atoms with Gasteiger partial charge in [0, 0.05) is 24.2 Å². The van der Waals surface area contributed by atoms with E-state index in [1.165, 1.54) is 6.33 Å². The predicted octanol–water partition coefficient (Wildman–Crippen LogP) is 1.58. The van der Waals surface area contributed by atoms with Crippen molar-refractivity contribution < 1.29 is 4.74 Å². The molecule has 1 atom stereocenters. The van der Waals surface area contributed by atoms with Crippen LogP contribution in [-0.4, -0.2) is 28.6 Å². The molecule has 5 heteroatoms. The maximum atomic E-state index is 5.46. The fraction of sp³-hybridized carbons (Fsp3) is 0.308. The summed E-state index contributed by atoms with van der Waals surface area (Å²) in [6.45, 7) is 2.58. The van der Waals surface area contributed by atoms with Crippen LogP contribution in [0.15, 0.2) is 37.2 Å². The fourth-order valence-corrected chi connectivity index (χ4v) is 1.82. The molecule has 1 N–H and O–H groups in total. The summed E-state index contributed by atoms with van der Waals surface area (Å²) in [5, 5.41) is 3.23. The molecule has 0 saturated heterocycles. The highest BCUT2D eigenvalue weighted by Gasteiger charge is 2.13. The second kappa shape index (κ2) is 6.07.